The lowest BCUT2D eigenvalue weighted by atomic mass is 9.94. The normalized spacial score (nSPS) is 20.8. The maximum absolute atomic E-state index is 12.9. The van der Waals surface area contributed by atoms with Crippen molar-refractivity contribution in [3.63, 3.8) is 0 Å². The molecule has 0 amide bonds. The van der Waals surface area contributed by atoms with Crippen LogP contribution in [0.25, 0.3) is 0 Å². The summed E-state index contributed by atoms with van der Waals surface area (Å²) in [6.45, 7) is 6.00. The average Bonchev–Trinajstić information content (AvgIpc) is 2.82. The maximum Gasteiger partial charge on any atom is 0.119 e. The summed E-state index contributed by atoms with van der Waals surface area (Å²) in [6.07, 6.45) is 13.5. The van der Waals surface area contributed by atoms with Gasteiger partial charge in [-0.2, -0.15) is 0 Å². The van der Waals surface area contributed by atoms with E-state index in [-0.39, 0.29) is 5.83 Å². The van der Waals surface area contributed by atoms with Crippen LogP contribution in [0.15, 0.2) is 36.7 Å². The van der Waals surface area contributed by atoms with Crippen molar-refractivity contribution < 1.29 is 4.39 Å². The van der Waals surface area contributed by atoms with E-state index >= 15 is 0 Å². The van der Waals surface area contributed by atoms with Gasteiger partial charge >= 0.3 is 0 Å². The summed E-state index contributed by atoms with van der Waals surface area (Å²) in [7, 11) is 0. The van der Waals surface area contributed by atoms with Gasteiger partial charge in [0.15, 0.2) is 0 Å². The van der Waals surface area contributed by atoms with Crippen LogP contribution in [0.2, 0.25) is 0 Å². The molecule has 16 heavy (non-hydrogen) atoms. The summed E-state index contributed by atoms with van der Waals surface area (Å²) in [5.74, 6) is 0.919. The van der Waals surface area contributed by atoms with Crippen LogP contribution in [-0.2, 0) is 0 Å². The van der Waals surface area contributed by atoms with Gasteiger partial charge in [0.25, 0.3) is 0 Å². The molecular formula is C15H23F. The topological polar surface area (TPSA) is 0 Å². The number of halogens is 1. The van der Waals surface area contributed by atoms with E-state index in [4.69, 9.17) is 0 Å². The Kier molecular flexibility index (Phi) is 6.14. The third-order valence-electron chi connectivity index (χ3n) is 3.50. The number of hydrogen-bond donors (Lipinski definition) is 0. The Bertz CT molecular complexity index is 257. The first-order valence-corrected chi connectivity index (χ1v) is 6.40. The molecule has 0 atom stereocenters. The fourth-order valence-corrected chi connectivity index (χ4v) is 2.61. The summed E-state index contributed by atoms with van der Waals surface area (Å²) in [6, 6.07) is 0. The number of rotatable bonds is 3. The molecule has 2 aliphatic rings. The van der Waals surface area contributed by atoms with Crippen LogP contribution in [0.5, 0.6) is 0 Å². The van der Waals surface area contributed by atoms with Crippen molar-refractivity contribution in [3.8, 4) is 0 Å². The van der Waals surface area contributed by atoms with Crippen LogP contribution in [0.3, 0.4) is 0 Å². The Hall–Kier alpha value is -0.850. The van der Waals surface area contributed by atoms with E-state index in [1.54, 1.807) is 12.2 Å². The van der Waals surface area contributed by atoms with Crippen LogP contribution in [-0.4, -0.2) is 0 Å². The van der Waals surface area contributed by atoms with E-state index in [1.165, 1.54) is 37.7 Å². The van der Waals surface area contributed by atoms with Gasteiger partial charge in [-0.25, -0.2) is 4.39 Å². The lowest BCUT2D eigenvalue weighted by Crippen LogP contribution is -1.96. The van der Waals surface area contributed by atoms with Crippen LogP contribution < -0.4 is 0 Å². The van der Waals surface area contributed by atoms with Crippen molar-refractivity contribution in [2.24, 2.45) is 5.92 Å². The molecule has 0 aromatic carbocycles. The van der Waals surface area contributed by atoms with Crippen molar-refractivity contribution in [1.29, 1.82) is 0 Å². The largest absolute Gasteiger partial charge is 0.207 e. The quantitative estimate of drug-likeness (QED) is 0.566. The van der Waals surface area contributed by atoms with E-state index in [9.17, 15) is 4.39 Å². The Morgan fingerprint density at radius 3 is 2.56 bits per heavy atom. The van der Waals surface area contributed by atoms with Crippen molar-refractivity contribution in [2.45, 2.75) is 51.4 Å². The second-order valence-corrected chi connectivity index (χ2v) is 4.62. The molecular weight excluding hydrogens is 199 g/mol. The molecule has 2 aliphatic carbocycles. The molecule has 90 valence electrons. The molecule has 0 heterocycles. The van der Waals surface area contributed by atoms with Crippen LogP contribution in [0.1, 0.15) is 51.4 Å². The van der Waals surface area contributed by atoms with Crippen molar-refractivity contribution >= 4 is 0 Å². The first kappa shape index (κ1) is 13.2. The van der Waals surface area contributed by atoms with E-state index in [0.717, 1.165) is 25.2 Å². The van der Waals surface area contributed by atoms with Gasteiger partial charge in [0.1, 0.15) is 5.83 Å². The SMILES string of the molecule is C=C.FC1=CCCC(CCC2CCCC2)=C1. The Balaban J connectivity index is 0.000000606. The summed E-state index contributed by atoms with van der Waals surface area (Å²) in [5, 5.41) is 0. The molecule has 0 aromatic heterocycles. The lowest BCUT2D eigenvalue weighted by molar-refractivity contribution is 0.497. The van der Waals surface area contributed by atoms with Gasteiger partial charge in [0.05, 0.1) is 0 Å². The highest BCUT2D eigenvalue weighted by Gasteiger charge is 2.15. The monoisotopic (exact) mass is 222 g/mol. The van der Waals surface area contributed by atoms with Gasteiger partial charge in [-0.1, -0.05) is 31.3 Å². The summed E-state index contributed by atoms with van der Waals surface area (Å²) < 4.78 is 12.9. The third-order valence-corrected chi connectivity index (χ3v) is 3.50. The molecule has 0 N–H and O–H groups in total. The summed E-state index contributed by atoms with van der Waals surface area (Å²) in [5.41, 5.74) is 1.33. The van der Waals surface area contributed by atoms with Crippen molar-refractivity contribution in [1.82, 2.24) is 0 Å². The molecule has 0 spiro atoms. The molecule has 1 fully saturated rings. The summed E-state index contributed by atoms with van der Waals surface area (Å²) in [4.78, 5) is 0. The molecule has 1 saturated carbocycles. The molecule has 0 unspecified atom stereocenters. The van der Waals surface area contributed by atoms with Crippen molar-refractivity contribution in [2.75, 3.05) is 0 Å². The van der Waals surface area contributed by atoms with E-state index in [0.29, 0.717) is 0 Å². The van der Waals surface area contributed by atoms with Gasteiger partial charge < -0.3 is 0 Å². The molecule has 2 rings (SSSR count). The first-order valence-electron chi connectivity index (χ1n) is 6.40. The second-order valence-electron chi connectivity index (χ2n) is 4.62. The van der Waals surface area contributed by atoms with E-state index < -0.39 is 0 Å². The smallest absolute Gasteiger partial charge is 0.119 e. The van der Waals surface area contributed by atoms with E-state index in [2.05, 4.69) is 13.2 Å². The van der Waals surface area contributed by atoms with Gasteiger partial charge in [-0.05, 0) is 43.8 Å². The Labute approximate surface area is 98.9 Å². The zero-order valence-corrected chi connectivity index (χ0v) is 10.2. The highest BCUT2D eigenvalue weighted by Crippen LogP contribution is 2.31. The fourth-order valence-electron chi connectivity index (χ4n) is 2.61. The maximum atomic E-state index is 12.9. The average molecular weight is 222 g/mol. The molecule has 1 heteroatoms. The van der Waals surface area contributed by atoms with Gasteiger partial charge in [-0.3, -0.25) is 0 Å². The Morgan fingerprint density at radius 1 is 1.25 bits per heavy atom. The van der Waals surface area contributed by atoms with Crippen LogP contribution in [0, 0.1) is 5.92 Å². The Morgan fingerprint density at radius 2 is 1.94 bits per heavy atom. The molecule has 0 nitrogen and oxygen atoms in total. The van der Waals surface area contributed by atoms with Gasteiger partial charge in [-0.15, -0.1) is 13.2 Å². The lowest BCUT2D eigenvalue weighted by Gasteiger charge is -2.13. The fraction of sp³-hybridized carbons (Fsp3) is 0.600. The minimum absolute atomic E-state index is 0.0160. The predicted molar refractivity (Wildman–Crippen MR) is 69.0 cm³/mol. The summed E-state index contributed by atoms with van der Waals surface area (Å²) >= 11 is 0. The van der Waals surface area contributed by atoms with E-state index in [1.807, 2.05) is 0 Å². The van der Waals surface area contributed by atoms with Crippen LogP contribution in [0.4, 0.5) is 4.39 Å². The zero-order chi connectivity index (χ0) is 11.8. The molecule has 0 aromatic rings. The van der Waals surface area contributed by atoms with Crippen LogP contribution >= 0.6 is 0 Å². The zero-order valence-electron chi connectivity index (χ0n) is 10.2. The minimum Gasteiger partial charge on any atom is -0.207 e. The number of allylic oxidation sites excluding steroid dienone is 4. The molecule has 0 saturated heterocycles. The molecule has 0 bridgehead atoms. The van der Waals surface area contributed by atoms with Gasteiger partial charge in [0, 0.05) is 0 Å². The highest BCUT2D eigenvalue weighted by atomic mass is 19.1. The first-order chi connectivity index (χ1) is 7.84. The predicted octanol–water partition coefficient (Wildman–Crippen LogP) is 5.33. The number of hydrogen-bond acceptors (Lipinski definition) is 0. The standard InChI is InChI=1S/C13H19F.C2H4/c14-13-7-3-6-12(10-13)9-8-11-4-1-2-5-11;1-2/h7,10-11H,1-6,8-9H2;1-2H2. The van der Waals surface area contributed by atoms with Gasteiger partial charge in [0.2, 0.25) is 0 Å². The highest BCUT2D eigenvalue weighted by molar-refractivity contribution is 5.22. The minimum atomic E-state index is -0.0160. The third kappa shape index (κ3) is 4.34. The molecule has 0 aliphatic heterocycles. The second kappa shape index (κ2) is 7.43. The van der Waals surface area contributed by atoms with Crippen molar-refractivity contribution in [3.05, 3.63) is 36.7 Å². The molecule has 0 radical (unpaired) electrons.